The Morgan fingerprint density at radius 1 is 1.21 bits per heavy atom. The van der Waals surface area contributed by atoms with Crippen molar-refractivity contribution < 1.29 is 4.39 Å². The van der Waals surface area contributed by atoms with Gasteiger partial charge in [-0.1, -0.05) is 37.6 Å². The molecule has 0 aliphatic rings. The van der Waals surface area contributed by atoms with Gasteiger partial charge in [0.25, 0.3) is 0 Å². The zero-order chi connectivity index (χ0) is 14.0. The van der Waals surface area contributed by atoms with E-state index in [4.69, 9.17) is 17.3 Å². The van der Waals surface area contributed by atoms with Gasteiger partial charge in [-0.05, 0) is 29.7 Å². The van der Waals surface area contributed by atoms with E-state index in [-0.39, 0.29) is 5.02 Å². The van der Waals surface area contributed by atoms with Crippen molar-refractivity contribution in [3.05, 3.63) is 52.8 Å². The molecule has 0 heterocycles. The first-order valence-electron chi connectivity index (χ1n) is 6.09. The summed E-state index contributed by atoms with van der Waals surface area (Å²) in [5, 5.41) is 3.21. The van der Waals surface area contributed by atoms with E-state index in [9.17, 15) is 4.39 Å². The molecule has 0 aliphatic carbocycles. The number of nitrogens with one attached hydrogen (secondary N) is 1. The fraction of sp³-hybridized carbons (Fsp3) is 0.200. The van der Waals surface area contributed by atoms with Crippen LogP contribution in [0.3, 0.4) is 0 Å². The highest BCUT2D eigenvalue weighted by Crippen LogP contribution is 2.29. The summed E-state index contributed by atoms with van der Waals surface area (Å²) in [6.07, 6.45) is 0. The first-order chi connectivity index (χ1) is 8.97. The number of rotatable bonds is 3. The second-order valence-corrected chi connectivity index (χ2v) is 5.17. The van der Waals surface area contributed by atoms with Crippen molar-refractivity contribution >= 4 is 28.7 Å². The molecular weight excluding hydrogens is 263 g/mol. The summed E-state index contributed by atoms with van der Waals surface area (Å²) in [5.74, 6) is -0.0726. The van der Waals surface area contributed by atoms with Crippen LogP contribution in [0.4, 0.5) is 21.5 Å². The molecule has 0 spiro atoms. The average Bonchev–Trinajstić information content (AvgIpc) is 2.36. The van der Waals surface area contributed by atoms with E-state index in [1.54, 1.807) is 0 Å². The Bertz CT molecular complexity index is 597. The Morgan fingerprint density at radius 3 is 2.63 bits per heavy atom. The van der Waals surface area contributed by atoms with E-state index < -0.39 is 5.82 Å². The SMILES string of the molecule is CC(C)c1cccc(Nc2cc(Cl)c(F)cc2N)c1. The lowest BCUT2D eigenvalue weighted by Crippen LogP contribution is -1.98. The number of nitrogens with two attached hydrogens (primary N) is 1. The van der Waals surface area contributed by atoms with E-state index in [2.05, 4.69) is 25.2 Å². The van der Waals surface area contributed by atoms with E-state index in [0.29, 0.717) is 17.3 Å². The molecule has 3 N–H and O–H groups in total. The average molecular weight is 279 g/mol. The molecule has 0 atom stereocenters. The molecule has 2 aromatic carbocycles. The van der Waals surface area contributed by atoms with Crippen LogP contribution in [0.2, 0.25) is 5.02 Å². The highest BCUT2D eigenvalue weighted by atomic mass is 35.5. The van der Waals surface area contributed by atoms with Gasteiger partial charge in [-0.15, -0.1) is 0 Å². The molecule has 100 valence electrons. The third kappa shape index (κ3) is 3.18. The van der Waals surface area contributed by atoms with Crippen molar-refractivity contribution in [2.24, 2.45) is 0 Å². The maximum Gasteiger partial charge on any atom is 0.143 e. The lowest BCUT2D eigenvalue weighted by molar-refractivity contribution is 0.629. The monoisotopic (exact) mass is 278 g/mol. The number of hydrogen-bond acceptors (Lipinski definition) is 2. The second-order valence-electron chi connectivity index (χ2n) is 4.76. The minimum Gasteiger partial charge on any atom is -0.397 e. The maximum absolute atomic E-state index is 13.2. The van der Waals surface area contributed by atoms with Crippen molar-refractivity contribution in [1.82, 2.24) is 0 Å². The molecule has 0 saturated heterocycles. The van der Waals surface area contributed by atoms with Gasteiger partial charge in [-0.2, -0.15) is 0 Å². The van der Waals surface area contributed by atoms with Gasteiger partial charge in [-0.25, -0.2) is 4.39 Å². The molecule has 2 rings (SSSR count). The van der Waals surface area contributed by atoms with Crippen LogP contribution in [0.1, 0.15) is 25.3 Å². The Labute approximate surface area is 117 Å². The lowest BCUT2D eigenvalue weighted by Gasteiger charge is -2.12. The van der Waals surface area contributed by atoms with Gasteiger partial charge in [0.05, 0.1) is 16.4 Å². The first-order valence-corrected chi connectivity index (χ1v) is 6.46. The second kappa shape index (κ2) is 5.49. The summed E-state index contributed by atoms with van der Waals surface area (Å²) in [6, 6.07) is 10.7. The summed E-state index contributed by atoms with van der Waals surface area (Å²) in [4.78, 5) is 0. The number of anilines is 3. The molecule has 0 radical (unpaired) electrons. The first kappa shape index (κ1) is 13.7. The summed E-state index contributed by atoms with van der Waals surface area (Å²) in [7, 11) is 0. The van der Waals surface area contributed by atoms with Crippen molar-refractivity contribution in [3.8, 4) is 0 Å². The van der Waals surface area contributed by atoms with E-state index in [1.165, 1.54) is 17.7 Å². The van der Waals surface area contributed by atoms with Crippen molar-refractivity contribution in [2.75, 3.05) is 11.1 Å². The molecule has 0 unspecified atom stereocenters. The third-order valence-corrected chi connectivity index (χ3v) is 3.21. The van der Waals surface area contributed by atoms with Gasteiger partial charge in [0.15, 0.2) is 0 Å². The van der Waals surface area contributed by atoms with Crippen LogP contribution < -0.4 is 11.1 Å². The Hall–Kier alpha value is -1.74. The molecule has 4 heteroatoms. The number of benzene rings is 2. The molecule has 0 fully saturated rings. The molecule has 2 aromatic rings. The zero-order valence-electron chi connectivity index (χ0n) is 10.9. The fourth-order valence-corrected chi connectivity index (χ4v) is 1.97. The normalized spacial score (nSPS) is 10.8. The van der Waals surface area contributed by atoms with Crippen molar-refractivity contribution in [3.63, 3.8) is 0 Å². The van der Waals surface area contributed by atoms with E-state index in [0.717, 1.165) is 5.69 Å². The molecular formula is C15H16ClFN2. The Balaban J connectivity index is 2.31. The van der Waals surface area contributed by atoms with Gasteiger partial charge < -0.3 is 11.1 Å². The molecule has 19 heavy (non-hydrogen) atoms. The van der Waals surface area contributed by atoms with E-state index in [1.807, 2.05) is 18.2 Å². The molecule has 0 aromatic heterocycles. The Kier molecular flexibility index (Phi) is 3.96. The number of halogens is 2. The zero-order valence-corrected chi connectivity index (χ0v) is 11.6. The molecule has 0 aliphatic heterocycles. The summed E-state index contributed by atoms with van der Waals surface area (Å²) in [5.41, 5.74) is 8.83. The Morgan fingerprint density at radius 2 is 1.95 bits per heavy atom. The smallest absolute Gasteiger partial charge is 0.143 e. The standard InChI is InChI=1S/C15H16ClFN2/c1-9(2)10-4-3-5-11(6-10)19-15-7-12(16)13(17)8-14(15)18/h3-9,19H,18H2,1-2H3. The lowest BCUT2D eigenvalue weighted by atomic mass is 10.0. The van der Waals surface area contributed by atoms with E-state index >= 15 is 0 Å². The highest BCUT2D eigenvalue weighted by molar-refractivity contribution is 6.31. The molecule has 0 bridgehead atoms. The van der Waals surface area contributed by atoms with Crippen LogP contribution in [-0.4, -0.2) is 0 Å². The summed E-state index contributed by atoms with van der Waals surface area (Å²) >= 11 is 5.76. The van der Waals surface area contributed by atoms with Gasteiger partial charge >= 0.3 is 0 Å². The third-order valence-electron chi connectivity index (χ3n) is 2.92. The highest BCUT2D eigenvalue weighted by Gasteiger charge is 2.07. The van der Waals surface area contributed by atoms with Crippen LogP contribution in [-0.2, 0) is 0 Å². The van der Waals surface area contributed by atoms with Crippen LogP contribution in [0.5, 0.6) is 0 Å². The largest absolute Gasteiger partial charge is 0.397 e. The fourth-order valence-electron chi connectivity index (χ4n) is 1.80. The quantitative estimate of drug-likeness (QED) is 0.782. The van der Waals surface area contributed by atoms with Crippen molar-refractivity contribution in [1.29, 1.82) is 0 Å². The predicted octanol–water partition coefficient (Wildman–Crippen LogP) is 4.93. The van der Waals surface area contributed by atoms with Gasteiger partial charge in [0.2, 0.25) is 0 Å². The van der Waals surface area contributed by atoms with Crippen LogP contribution in [0.25, 0.3) is 0 Å². The van der Waals surface area contributed by atoms with Gasteiger partial charge in [0, 0.05) is 11.8 Å². The molecule has 0 saturated carbocycles. The van der Waals surface area contributed by atoms with Crippen molar-refractivity contribution in [2.45, 2.75) is 19.8 Å². The summed E-state index contributed by atoms with van der Waals surface area (Å²) in [6.45, 7) is 4.25. The topological polar surface area (TPSA) is 38.0 Å². The minimum absolute atomic E-state index is 0.0525. The van der Waals surface area contributed by atoms with Crippen LogP contribution in [0, 0.1) is 5.82 Å². The number of hydrogen-bond donors (Lipinski definition) is 2. The molecule has 2 nitrogen and oxygen atoms in total. The minimum atomic E-state index is -0.513. The van der Waals surface area contributed by atoms with Gasteiger partial charge in [-0.3, -0.25) is 0 Å². The van der Waals surface area contributed by atoms with Gasteiger partial charge in [0.1, 0.15) is 5.82 Å². The maximum atomic E-state index is 13.2. The van der Waals surface area contributed by atoms with Crippen LogP contribution in [0.15, 0.2) is 36.4 Å². The predicted molar refractivity (Wildman–Crippen MR) is 79.6 cm³/mol. The number of nitrogen functional groups attached to an aromatic ring is 1. The van der Waals surface area contributed by atoms with Crippen LogP contribution >= 0.6 is 11.6 Å². The summed E-state index contributed by atoms with van der Waals surface area (Å²) < 4.78 is 13.2. The molecule has 0 amide bonds.